The van der Waals surface area contributed by atoms with Crippen LogP contribution in [0.3, 0.4) is 0 Å². The molecular weight excluding hydrogens is 479 g/mol. The second-order valence-electron chi connectivity index (χ2n) is 11.6. The van der Waals surface area contributed by atoms with E-state index in [9.17, 15) is 39.2 Å². The van der Waals surface area contributed by atoms with Gasteiger partial charge >= 0.3 is 0 Å². The first-order valence-corrected chi connectivity index (χ1v) is 12.3. The number of allylic oxidation sites excluding steroid dienone is 3. The number of aromatic hydroxyl groups is 1. The second kappa shape index (κ2) is 8.38. The van der Waals surface area contributed by atoms with Crippen LogP contribution in [0.5, 0.6) is 5.75 Å². The standard InChI is InChI=1S/C29H33FO7/c1-13(2)21-23(33)19(15(4)31)25(35)29(37)26(36)22-24(34)20-17(10-27(22,5)12-28(21,29)6)16(7-8-18(20)32)9-14(3)11-30/h7-8,13,21,32-33,36-37H,3,9-12H2,1-2,4-6H3/t21?,27-,28-,29+/m1/s1. The molecule has 0 saturated heterocycles. The zero-order valence-electron chi connectivity index (χ0n) is 21.7. The van der Waals surface area contributed by atoms with Crippen LogP contribution < -0.4 is 0 Å². The third kappa shape index (κ3) is 3.38. The molecule has 0 bridgehead atoms. The Morgan fingerprint density at radius 3 is 2.35 bits per heavy atom. The van der Waals surface area contributed by atoms with E-state index in [4.69, 9.17) is 0 Å². The van der Waals surface area contributed by atoms with E-state index in [1.54, 1.807) is 33.8 Å². The lowest BCUT2D eigenvalue weighted by atomic mass is 9.44. The maximum Gasteiger partial charge on any atom is 0.209 e. The quantitative estimate of drug-likeness (QED) is 0.339. The normalized spacial score (nSPS) is 31.3. The van der Waals surface area contributed by atoms with Crippen LogP contribution in [0.4, 0.5) is 4.39 Å². The van der Waals surface area contributed by atoms with Crippen molar-refractivity contribution in [2.75, 3.05) is 6.67 Å². The van der Waals surface area contributed by atoms with Gasteiger partial charge in [-0.3, -0.25) is 14.4 Å². The minimum Gasteiger partial charge on any atom is -0.511 e. The number of hydrogen-bond acceptors (Lipinski definition) is 7. The molecule has 0 amide bonds. The SMILES string of the molecule is C=C(CF)Cc1ccc(O)c2c1C[C@]1(C)C[C@]3(C)C(C(C)C)C(O)=C(C(C)=O)C(=O)[C@]3(O)C(O)=C1C2=O. The van der Waals surface area contributed by atoms with E-state index in [1.807, 2.05) is 0 Å². The molecular formula is C29H33FO7. The van der Waals surface area contributed by atoms with Crippen molar-refractivity contribution < 1.29 is 39.2 Å². The lowest BCUT2D eigenvalue weighted by molar-refractivity contribution is -0.171. The highest BCUT2D eigenvalue weighted by Crippen LogP contribution is 2.65. The van der Waals surface area contributed by atoms with E-state index >= 15 is 0 Å². The smallest absolute Gasteiger partial charge is 0.209 e. The van der Waals surface area contributed by atoms with Gasteiger partial charge in [0.25, 0.3) is 0 Å². The monoisotopic (exact) mass is 512 g/mol. The molecule has 198 valence electrons. The van der Waals surface area contributed by atoms with Crippen molar-refractivity contribution in [2.24, 2.45) is 22.7 Å². The molecule has 0 fully saturated rings. The Hall–Kier alpha value is -3.26. The summed E-state index contributed by atoms with van der Waals surface area (Å²) in [5.74, 6) is -5.53. The number of phenols is 1. The van der Waals surface area contributed by atoms with Gasteiger partial charge in [-0.25, -0.2) is 4.39 Å². The molecule has 0 heterocycles. The van der Waals surface area contributed by atoms with Gasteiger partial charge in [0.2, 0.25) is 5.78 Å². The molecule has 0 saturated carbocycles. The Labute approximate surface area is 215 Å². The largest absolute Gasteiger partial charge is 0.511 e. The van der Waals surface area contributed by atoms with E-state index in [0.29, 0.717) is 16.7 Å². The molecule has 7 nitrogen and oxygen atoms in total. The molecule has 4 atom stereocenters. The van der Waals surface area contributed by atoms with Gasteiger partial charge < -0.3 is 20.4 Å². The van der Waals surface area contributed by atoms with Crippen LogP contribution in [-0.2, 0) is 22.4 Å². The molecule has 3 aliphatic carbocycles. The van der Waals surface area contributed by atoms with Gasteiger partial charge in [-0.1, -0.05) is 40.3 Å². The summed E-state index contributed by atoms with van der Waals surface area (Å²) < 4.78 is 13.2. The predicted molar refractivity (Wildman–Crippen MR) is 134 cm³/mol. The highest BCUT2D eigenvalue weighted by Gasteiger charge is 2.71. The van der Waals surface area contributed by atoms with Crippen molar-refractivity contribution in [2.45, 2.75) is 59.5 Å². The Morgan fingerprint density at radius 2 is 1.81 bits per heavy atom. The molecule has 0 aromatic heterocycles. The lowest BCUT2D eigenvalue weighted by Gasteiger charge is -2.59. The maximum atomic E-state index is 13.9. The lowest BCUT2D eigenvalue weighted by Crippen LogP contribution is -2.67. The van der Waals surface area contributed by atoms with Gasteiger partial charge in [0.1, 0.15) is 29.5 Å². The number of aliphatic hydroxyl groups excluding tert-OH is 2. The van der Waals surface area contributed by atoms with Crippen LogP contribution >= 0.6 is 0 Å². The molecule has 3 aliphatic rings. The van der Waals surface area contributed by atoms with Crippen LogP contribution in [0, 0.1) is 22.7 Å². The molecule has 1 aromatic rings. The average Bonchev–Trinajstić information content (AvgIpc) is 2.77. The third-order valence-electron chi connectivity index (χ3n) is 8.62. The topological polar surface area (TPSA) is 132 Å². The van der Waals surface area contributed by atoms with Crippen molar-refractivity contribution in [1.29, 1.82) is 0 Å². The number of fused-ring (bicyclic) bond motifs is 3. The highest BCUT2D eigenvalue weighted by atomic mass is 19.1. The summed E-state index contributed by atoms with van der Waals surface area (Å²) in [5, 5.41) is 45.4. The number of benzene rings is 1. The van der Waals surface area contributed by atoms with Crippen molar-refractivity contribution in [1.82, 2.24) is 0 Å². The Balaban J connectivity index is 2.04. The number of halogens is 1. The van der Waals surface area contributed by atoms with E-state index in [1.165, 1.54) is 6.07 Å². The van der Waals surface area contributed by atoms with Crippen molar-refractivity contribution in [3.63, 3.8) is 0 Å². The van der Waals surface area contributed by atoms with Gasteiger partial charge in [0.05, 0.1) is 5.56 Å². The van der Waals surface area contributed by atoms with Crippen molar-refractivity contribution >= 4 is 17.3 Å². The van der Waals surface area contributed by atoms with Crippen molar-refractivity contribution in [3.05, 3.63) is 63.6 Å². The summed E-state index contributed by atoms with van der Waals surface area (Å²) in [7, 11) is 0. The number of aliphatic hydroxyl groups is 3. The van der Waals surface area contributed by atoms with Crippen LogP contribution in [0.2, 0.25) is 0 Å². The molecule has 4 N–H and O–H groups in total. The number of ketones is 3. The number of Topliss-reactive ketones (excluding diaryl/α,β-unsaturated/α-hetero) is 3. The highest BCUT2D eigenvalue weighted by molar-refractivity contribution is 6.25. The van der Waals surface area contributed by atoms with Crippen LogP contribution in [0.15, 0.2) is 46.9 Å². The minimum absolute atomic E-state index is 0.00403. The Kier molecular flexibility index (Phi) is 6.07. The summed E-state index contributed by atoms with van der Waals surface area (Å²) in [5.41, 5.74) is -4.74. The zero-order chi connectivity index (χ0) is 27.8. The number of alkyl halides is 1. The summed E-state index contributed by atoms with van der Waals surface area (Å²) in [4.78, 5) is 39.9. The Morgan fingerprint density at radius 1 is 1.19 bits per heavy atom. The summed E-state index contributed by atoms with van der Waals surface area (Å²) in [6, 6.07) is 2.92. The molecule has 8 heteroatoms. The molecule has 0 aliphatic heterocycles. The van der Waals surface area contributed by atoms with E-state index in [0.717, 1.165) is 6.92 Å². The van der Waals surface area contributed by atoms with E-state index in [2.05, 4.69) is 6.58 Å². The van der Waals surface area contributed by atoms with Gasteiger partial charge in [-0.15, -0.1) is 0 Å². The first-order valence-electron chi connectivity index (χ1n) is 12.3. The van der Waals surface area contributed by atoms with Gasteiger partial charge in [-0.05, 0) is 54.9 Å². The van der Waals surface area contributed by atoms with Crippen LogP contribution in [0.25, 0.3) is 0 Å². The summed E-state index contributed by atoms with van der Waals surface area (Å²) >= 11 is 0. The molecule has 1 unspecified atom stereocenters. The molecule has 4 rings (SSSR count). The maximum absolute atomic E-state index is 13.9. The van der Waals surface area contributed by atoms with Gasteiger partial charge in [0, 0.05) is 22.3 Å². The summed E-state index contributed by atoms with van der Waals surface area (Å²) in [6.45, 7) is 10.9. The number of phenolic OH excluding ortho intramolecular Hbond substituents is 1. The van der Waals surface area contributed by atoms with Crippen LogP contribution in [0.1, 0.15) is 62.5 Å². The average molecular weight is 513 g/mol. The minimum atomic E-state index is -2.65. The number of carbonyl (C=O) groups is 3. The van der Waals surface area contributed by atoms with Crippen molar-refractivity contribution in [3.8, 4) is 5.75 Å². The molecule has 0 radical (unpaired) electrons. The third-order valence-corrected chi connectivity index (χ3v) is 8.62. The summed E-state index contributed by atoms with van der Waals surface area (Å²) in [6.07, 6.45) is 0.294. The predicted octanol–water partition coefficient (Wildman–Crippen LogP) is 4.41. The molecule has 1 aromatic carbocycles. The number of hydrogen-bond donors (Lipinski definition) is 4. The first kappa shape index (κ1) is 26.8. The first-order chi connectivity index (χ1) is 17.1. The second-order valence-corrected chi connectivity index (χ2v) is 11.6. The fraction of sp³-hybridized carbons (Fsp3) is 0.483. The fourth-order valence-corrected chi connectivity index (χ4v) is 7.28. The fourth-order valence-electron chi connectivity index (χ4n) is 7.28. The van der Waals surface area contributed by atoms with Crippen LogP contribution in [-0.4, -0.2) is 50.1 Å². The molecule has 37 heavy (non-hydrogen) atoms. The van der Waals surface area contributed by atoms with Gasteiger partial charge in [0.15, 0.2) is 17.2 Å². The molecule has 0 spiro atoms. The van der Waals surface area contributed by atoms with Gasteiger partial charge in [-0.2, -0.15) is 0 Å². The Bertz CT molecular complexity index is 1340. The number of carbonyl (C=O) groups excluding carboxylic acids is 3. The van der Waals surface area contributed by atoms with E-state index < -0.39 is 63.5 Å². The number of rotatable bonds is 5. The zero-order valence-corrected chi connectivity index (χ0v) is 21.7. The van der Waals surface area contributed by atoms with E-state index in [-0.39, 0.29) is 42.1 Å².